The van der Waals surface area contributed by atoms with E-state index in [1.807, 2.05) is 4.68 Å². The van der Waals surface area contributed by atoms with Crippen LogP contribution in [0.15, 0.2) is 0 Å². The second kappa shape index (κ2) is 6.27. The van der Waals surface area contributed by atoms with Crippen molar-refractivity contribution >= 4 is 0 Å². The number of rotatable bonds is 6. The summed E-state index contributed by atoms with van der Waals surface area (Å²) in [6.07, 6.45) is 6.48. The van der Waals surface area contributed by atoms with Crippen molar-refractivity contribution in [3.05, 3.63) is 5.82 Å². The number of hydrogen-bond donors (Lipinski definition) is 1. The quantitative estimate of drug-likeness (QED) is 0.844. The number of nitrogens with one attached hydrogen (secondary N) is 1. The molecule has 102 valence electrons. The van der Waals surface area contributed by atoms with Gasteiger partial charge in [0.25, 0.3) is 0 Å². The van der Waals surface area contributed by atoms with E-state index in [0.29, 0.717) is 6.04 Å². The van der Waals surface area contributed by atoms with Crippen molar-refractivity contribution in [3.63, 3.8) is 0 Å². The molecule has 2 rings (SSSR count). The highest BCUT2D eigenvalue weighted by molar-refractivity contribution is 4.93. The third-order valence-corrected chi connectivity index (χ3v) is 4.07. The molecule has 5 nitrogen and oxygen atoms in total. The molecule has 2 unspecified atom stereocenters. The molecule has 2 atom stereocenters. The smallest absolute Gasteiger partial charge is 0.168 e. The average molecular weight is 251 g/mol. The van der Waals surface area contributed by atoms with Crippen molar-refractivity contribution < 1.29 is 0 Å². The van der Waals surface area contributed by atoms with E-state index in [9.17, 15) is 0 Å². The van der Waals surface area contributed by atoms with Crippen molar-refractivity contribution in [1.82, 2.24) is 25.5 Å². The molecule has 0 aromatic carbocycles. The summed E-state index contributed by atoms with van der Waals surface area (Å²) in [7, 11) is 0. The first-order valence-corrected chi connectivity index (χ1v) is 7.25. The molecule has 0 spiro atoms. The number of tetrazole rings is 1. The maximum absolute atomic E-state index is 4.21. The summed E-state index contributed by atoms with van der Waals surface area (Å²) in [5.74, 6) is 1.72. The Labute approximate surface area is 109 Å². The fourth-order valence-electron chi connectivity index (χ4n) is 2.87. The number of nitrogens with zero attached hydrogens (tertiary/aromatic N) is 4. The van der Waals surface area contributed by atoms with Gasteiger partial charge in [0.1, 0.15) is 0 Å². The van der Waals surface area contributed by atoms with E-state index in [1.54, 1.807) is 0 Å². The summed E-state index contributed by atoms with van der Waals surface area (Å²) >= 11 is 0. The first-order chi connectivity index (χ1) is 8.74. The lowest BCUT2D eigenvalue weighted by Crippen LogP contribution is -2.26. The van der Waals surface area contributed by atoms with E-state index < -0.39 is 0 Å². The fraction of sp³-hybridized carbons (Fsp3) is 0.923. The molecule has 0 radical (unpaired) electrons. The minimum absolute atomic E-state index is 0.226. The first-order valence-electron chi connectivity index (χ1n) is 7.25. The van der Waals surface area contributed by atoms with Gasteiger partial charge in [-0.2, -0.15) is 0 Å². The normalized spacial score (nSPS) is 20.2. The second-order valence-corrected chi connectivity index (χ2v) is 5.44. The molecule has 5 heteroatoms. The maximum atomic E-state index is 4.21. The van der Waals surface area contributed by atoms with Gasteiger partial charge in [0, 0.05) is 0 Å². The molecule has 1 aromatic heterocycles. The molecule has 1 aromatic rings. The van der Waals surface area contributed by atoms with Crippen LogP contribution in [0.25, 0.3) is 0 Å². The monoisotopic (exact) mass is 251 g/mol. The standard InChI is InChI=1S/C13H25N5/c1-4-9-14-10(2)13-15-16-17-18(13)11(3)12-7-5-6-8-12/h10-12,14H,4-9H2,1-3H3. The molecule has 1 heterocycles. The van der Waals surface area contributed by atoms with Gasteiger partial charge in [0.15, 0.2) is 5.82 Å². The molecule has 1 saturated carbocycles. The van der Waals surface area contributed by atoms with Gasteiger partial charge in [-0.15, -0.1) is 5.10 Å². The topological polar surface area (TPSA) is 55.6 Å². The zero-order valence-corrected chi connectivity index (χ0v) is 11.8. The van der Waals surface area contributed by atoms with Crippen LogP contribution in [0.5, 0.6) is 0 Å². The van der Waals surface area contributed by atoms with E-state index in [-0.39, 0.29) is 6.04 Å². The Kier molecular flexibility index (Phi) is 4.69. The molecule has 0 aliphatic heterocycles. The summed E-state index contributed by atoms with van der Waals surface area (Å²) in [5.41, 5.74) is 0. The van der Waals surface area contributed by atoms with Crippen LogP contribution in [-0.4, -0.2) is 26.8 Å². The minimum atomic E-state index is 0.226. The molecule has 18 heavy (non-hydrogen) atoms. The van der Waals surface area contributed by atoms with E-state index in [2.05, 4.69) is 41.6 Å². The van der Waals surface area contributed by atoms with E-state index in [1.165, 1.54) is 25.7 Å². The Balaban J connectivity index is 2.06. The summed E-state index contributed by atoms with van der Waals surface area (Å²) in [6.45, 7) is 7.57. The molecular weight excluding hydrogens is 226 g/mol. The largest absolute Gasteiger partial charge is 0.307 e. The molecular formula is C13H25N5. The van der Waals surface area contributed by atoms with Crippen LogP contribution in [0, 0.1) is 5.92 Å². The zero-order valence-electron chi connectivity index (χ0n) is 11.8. The van der Waals surface area contributed by atoms with Crippen molar-refractivity contribution in [2.75, 3.05) is 6.54 Å². The van der Waals surface area contributed by atoms with Gasteiger partial charge in [0.05, 0.1) is 12.1 Å². The molecule has 0 amide bonds. The summed E-state index contributed by atoms with van der Waals surface area (Å²) in [6, 6.07) is 0.646. The molecule has 1 fully saturated rings. The summed E-state index contributed by atoms with van der Waals surface area (Å²) in [4.78, 5) is 0. The van der Waals surface area contributed by atoms with Gasteiger partial charge in [-0.05, 0) is 56.0 Å². The third kappa shape index (κ3) is 2.88. The lowest BCUT2D eigenvalue weighted by molar-refractivity contribution is 0.312. The highest BCUT2D eigenvalue weighted by atomic mass is 15.6. The Bertz CT molecular complexity index is 356. The predicted molar refractivity (Wildman–Crippen MR) is 71.2 cm³/mol. The zero-order chi connectivity index (χ0) is 13.0. The average Bonchev–Trinajstić information content (AvgIpc) is 3.04. The van der Waals surface area contributed by atoms with Crippen molar-refractivity contribution in [2.24, 2.45) is 5.92 Å². The highest BCUT2D eigenvalue weighted by Gasteiger charge is 2.26. The third-order valence-electron chi connectivity index (χ3n) is 4.07. The van der Waals surface area contributed by atoms with Crippen LogP contribution < -0.4 is 5.32 Å². The summed E-state index contributed by atoms with van der Waals surface area (Å²) < 4.78 is 2.03. The summed E-state index contributed by atoms with van der Waals surface area (Å²) in [5, 5.41) is 15.7. The van der Waals surface area contributed by atoms with Gasteiger partial charge < -0.3 is 5.32 Å². The van der Waals surface area contributed by atoms with Crippen LogP contribution >= 0.6 is 0 Å². The van der Waals surface area contributed by atoms with E-state index in [4.69, 9.17) is 0 Å². The Hall–Kier alpha value is -0.970. The fourth-order valence-corrected chi connectivity index (χ4v) is 2.87. The minimum Gasteiger partial charge on any atom is -0.307 e. The van der Waals surface area contributed by atoms with Gasteiger partial charge in [0.2, 0.25) is 0 Å². The lowest BCUT2D eigenvalue weighted by Gasteiger charge is -2.22. The number of hydrogen-bond acceptors (Lipinski definition) is 4. The molecule has 0 bridgehead atoms. The molecule has 1 aliphatic rings. The van der Waals surface area contributed by atoms with Gasteiger partial charge >= 0.3 is 0 Å². The highest BCUT2D eigenvalue weighted by Crippen LogP contribution is 2.34. The van der Waals surface area contributed by atoms with Gasteiger partial charge in [-0.25, -0.2) is 4.68 Å². The van der Waals surface area contributed by atoms with Crippen LogP contribution in [0.2, 0.25) is 0 Å². The van der Waals surface area contributed by atoms with Gasteiger partial charge in [-0.1, -0.05) is 19.8 Å². The van der Waals surface area contributed by atoms with E-state index in [0.717, 1.165) is 24.7 Å². The van der Waals surface area contributed by atoms with Crippen LogP contribution in [0.3, 0.4) is 0 Å². The maximum Gasteiger partial charge on any atom is 0.168 e. The Morgan fingerprint density at radius 1 is 1.33 bits per heavy atom. The van der Waals surface area contributed by atoms with Crippen LogP contribution in [-0.2, 0) is 0 Å². The Morgan fingerprint density at radius 3 is 2.72 bits per heavy atom. The predicted octanol–water partition coefficient (Wildman–Crippen LogP) is 2.48. The second-order valence-electron chi connectivity index (χ2n) is 5.44. The van der Waals surface area contributed by atoms with Crippen molar-refractivity contribution in [1.29, 1.82) is 0 Å². The lowest BCUT2D eigenvalue weighted by atomic mass is 10.00. The molecule has 0 saturated heterocycles. The molecule has 1 N–H and O–H groups in total. The molecule has 1 aliphatic carbocycles. The SMILES string of the molecule is CCCNC(C)c1nnnn1C(C)C1CCCC1. The van der Waals surface area contributed by atoms with Crippen molar-refractivity contribution in [3.8, 4) is 0 Å². The van der Waals surface area contributed by atoms with Crippen molar-refractivity contribution in [2.45, 2.75) is 65.0 Å². The van der Waals surface area contributed by atoms with Crippen LogP contribution in [0.4, 0.5) is 0 Å². The Morgan fingerprint density at radius 2 is 2.06 bits per heavy atom. The number of aromatic nitrogens is 4. The van der Waals surface area contributed by atoms with Crippen LogP contribution in [0.1, 0.15) is 70.8 Å². The first kappa shape index (κ1) is 13.5. The van der Waals surface area contributed by atoms with Gasteiger partial charge in [-0.3, -0.25) is 0 Å². The van der Waals surface area contributed by atoms with E-state index >= 15 is 0 Å².